The Morgan fingerprint density at radius 3 is 3.05 bits per heavy atom. The molecule has 6 nitrogen and oxygen atoms in total. The second-order valence-corrected chi connectivity index (χ2v) is 6.38. The van der Waals surface area contributed by atoms with Crippen molar-refractivity contribution in [2.24, 2.45) is 0 Å². The van der Waals surface area contributed by atoms with Crippen LogP contribution in [0.3, 0.4) is 0 Å². The zero-order valence-electron chi connectivity index (χ0n) is 10.9. The van der Waals surface area contributed by atoms with Gasteiger partial charge in [0.05, 0.1) is 11.6 Å². The first kappa shape index (κ1) is 14.3. The third kappa shape index (κ3) is 3.01. The van der Waals surface area contributed by atoms with Gasteiger partial charge in [0.2, 0.25) is 5.91 Å². The lowest BCUT2D eigenvalue weighted by molar-refractivity contribution is -0.146. The van der Waals surface area contributed by atoms with Gasteiger partial charge in [-0.25, -0.2) is 9.78 Å². The molecule has 21 heavy (non-hydrogen) atoms. The molecule has 1 saturated heterocycles. The Morgan fingerprint density at radius 2 is 2.29 bits per heavy atom. The normalized spacial score (nSPS) is 18.3. The van der Waals surface area contributed by atoms with E-state index in [2.05, 4.69) is 4.98 Å². The average Bonchev–Trinajstić information content (AvgIpc) is 3.10. The summed E-state index contributed by atoms with van der Waals surface area (Å²) in [6.45, 7) is 0. The number of carbonyl (C=O) groups is 2. The molecule has 1 aromatic heterocycles. The smallest absolute Gasteiger partial charge is 0.327 e. The molecule has 2 heterocycles. The number of rotatable bonds is 4. The van der Waals surface area contributed by atoms with Crippen LogP contribution in [0.4, 0.5) is 0 Å². The largest absolute Gasteiger partial charge is 0.480 e. The summed E-state index contributed by atoms with van der Waals surface area (Å²) in [6.07, 6.45) is 0. The topological polar surface area (TPSA) is 83.6 Å². The van der Waals surface area contributed by atoms with Gasteiger partial charge in [-0.2, -0.15) is 0 Å². The number of amides is 1. The molecule has 110 valence electrons. The van der Waals surface area contributed by atoms with E-state index in [9.17, 15) is 9.59 Å². The number of carboxylic acid groups (broad SMARTS) is 1. The maximum absolute atomic E-state index is 12.1. The number of thioether (sulfide) groups is 2. The van der Waals surface area contributed by atoms with Crippen molar-refractivity contribution in [3.63, 3.8) is 0 Å². The van der Waals surface area contributed by atoms with Crippen LogP contribution in [0.2, 0.25) is 0 Å². The molecule has 0 saturated carbocycles. The van der Waals surface area contributed by atoms with Gasteiger partial charge in [0.15, 0.2) is 5.58 Å². The summed E-state index contributed by atoms with van der Waals surface area (Å²) in [5.74, 6) is -0.185. The van der Waals surface area contributed by atoms with Crippen molar-refractivity contribution >= 4 is 46.5 Å². The summed E-state index contributed by atoms with van der Waals surface area (Å²) in [5, 5.41) is 9.49. The van der Waals surface area contributed by atoms with E-state index in [1.54, 1.807) is 0 Å². The molecule has 0 bridgehead atoms. The zero-order valence-corrected chi connectivity index (χ0v) is 12.5. The third-order valence-corrected chi connectivity index (χ3v) is 4.91. The van der Waals surface area contributed by atoms with Crippen LogP contribution in [0.5, 0.6) is 0 Å². The minimum atomic E-state index is -0.958. The second kappa shape index (κ2) is 5.98. The van der Waals surface area contributed by atoms with Crippen molar-refractivity contribution in [1.82, 2.24) is 9.88 Å². The van der Waals surface area contributed by atoms with E-state index < -0.39 is 12.0 Å². The minimum Gasteiger partial charge on any atom is -0.480 e. The summed E-state index contributed by atoms with van der Waals surface area (Å²) < 4.78 is 5.51. The summed E-state index contributed by atoms with van der Waals surface area (Å²) in [5.41, 5.74) is 1.42. The van der Waals surface area contributed by atoms with Crippen LogP contribution >= 0.6 is 23.5 Å². The molecule has 1 fully saturated rings. The molecular formula is C13H12N2O4S2. The number of carbonyl (C=O) groups excluding carboxylic acids is 1. The number of para-hydroxylation sites is 2. The lowest BCUT2D eigenvalue weighted by Crippen LogP contribution is -2.42. The van der Waals surface area contributed by atoms with Gasteiger partial charge >= 0.3 is 5.97 Å². The van der Waals surface area contributed by atoms with Crippen molar-refractivity contribution in [2.45, 2.75) is 11.3 Å². The average molecular weight is 324 g/mol. The van der Waals surface area contributed by atoms with Gasteiger partial charge in [-0.1, -0.05) is 23.9 Å². The minimum absolute atomic E-state index is 0.122. The first-order valence-electron chi connectivity index (χ1n) is 6.23. The molecule has 3 rings (SSSR count). The number of aromatic nitrogens is 1. The first-order chi connectivity index (χ1) is 10.1. The lowest BCUT2D eigenvalue weighted by atomic mass is 10.3. The number of oxazole rings is 1. The molecule has 1 aliphatic heterocycles. The van der Waals surface area contributed by atoms with Crippen LogP contribution in [-0.4, -0.2) is 50.3 Å². The van der Waals surface area contributed by atoms with Crippen LogP contribution in [0.1, 0.15) is 0 Å². The van der Waals surface area contributed by atoms with E-state index >= 15 is 0 Å². The third-order valence-electron chi connectivity index (χ3n) is 3.08. The molecule has 0 spiro atoms. The van der Waals surface area contributed by atoms with Gasteiger partial charge < -0.3 is 14.4 Å². The molecule has 1 aliphatic rings. The summed E-state index contributed by atoms with van der Waals surface area (Å²) >= 11 is 2.63. The lowest BCUT2D eigenvalue weighted by Gasteiger charge is -2.19. The summed E-state index contributed by atoms with van der Waals surface area (Å²) in [7, 11) is 0. The van der Waals surface area contributed by atoms with Crippen LogP contribution in [0.25, 0.3) is 11.1 Å². The van der Waals surface area contributed by atoms with Crippen molar-refractivity contribution in [1.29, 1.82) is 0 Å². The fourth-order valence-electron chi connectivity index (χ4n) is 2.01. The van der Waals surface area contributed by atoms with Crippen molar-refractivity contribution in [2.75, 3.05) is 17.4 Å². The van der Waals surface area contributed by atoms with Gasteiger partial charge in [0, 0.05) is 5.75 Å². The number of hydrogen-bond donors (Lipinski definition) is 1. The highest BCUT2D eigenvalue weighted by Gasteiger charge is 2.34. The standard InChI is InChI=1S/C13H12N2O4S2/c16-11(15-7-20-5-9(15)12(17)18)6-21-13-14-8-3-1-2-4-10(8)19-13/h1-4,9H,5-7H2,(H,17,18). The van der Waals surface area contributed by atoms with Crippen LogP contribution in [0, 0.1) is 0 Å². The Labute approximate surface area is 128 Å². The molecule has 2 aromatic rings. The highest BCUT2D eigenvalue weighted by Crippen LogP contribution is 2.26. The van der Waals surface area contributed by atoms with E-state index in [0.29, 0.717) is 22.4 Å². The quantitative estimate of drug-likeness (QED) is 0.860. The van der Waals surface area contributed by atoms with Crippen molar-refractivity contribution < 1.29 is 19.1 Å². The number of benzene rings is 1. The highest BCUT2D eigenvalue weighted by molar-refractivity contribution is 8.00. The highest BCUT2D eigenvalue weighted by atomic mass is 32.2. The second-order valence-electron chi connectivity index (χ2n) is 4.45. The van der Waals surface area contributed by atoms with Crippen molar-refractivity contribution in [3.05, 3.63) is 24.3 Å². The van der Waals surface area contributed by atoms with E-state index in [0.717, 1.165) is 5.52 Å². The molecule has 1 aromatic carbocycles. The summed E-state index contributed by atoms with van der Waals surface area (Å²) in [4.78, 5) is 28.8. The predicted molar refractivity (Wildman–Crippen MR) is 80.3 cm³/mol. The van der Waals surface area contributed by atoms with Gasteiger partial charge in [0.25, 0.3) is 5.22 Å². The van der Waals surface area contributed by atoms with Gasteiger partial charge in [-0.3, -0.25) is 4.79 Å². The monoisotopic (exact) mass is 324 g/mol. The van der Waals surface area contributed by atoms with Gasteiger partial charge in [-0.15, -0.1) is 11.8 Å². The molecule has 0 radical (unpaired) electrons. The van der Waals surface area contributed by atoms with E-state index in [1.807, 2.05) is 24.3 Å². The van der Waals surface area contributed by atoms with E-state index in [1.165, 1.54) is 28.4 Å². The van der Waals surface area contributed by atoms with Crippen molar-refractivity contribution in [3.8, 4) is 0 Å². The number of hydrogen-bond acceptors (Lipinski definition) is 6. The number of nitrogens with zero attached hydrogens (tertiary/aromatic N) is 2. The van der Waals surface area contributed by atoms with Crippen LogP contribution in [0.15, 0.2) is 33.9 Å². The molecule has 0 aliphatic carbocycles. The molecule has 1 N–H and O–H groups in total. The number of aliphatic carboxylic acids is 1. The molecule has 8 heteroatoms. The maximum atomic E-state index is 12.1. The maximum Gasteiger partial charge on any atom is 0.327 e. The van der Waals surface area contributed by atoms with Gasteiger partial charge in [-0.05, 0) is 12.1 Å². The fourth-order valence-corrected chi connectivity index (χ4v) is 3.91. The Kier molecular flexibility index (Phi) is 4.07. The zero-order chi connectivity index (χ0) is 14.8. The Hall–Kier alpha value is -1.67. The van der Waals surface area contributed by atoms with Gasteiger partial charge in [0.1, 0.15) is 11.6 Å². The molecule has 1 unspecified atom stereocenters. The number of carboxylic acids is 1. The fraction of sp³-hybridized carbons (Fsp3) is 0.308. The Bertz CT molecular complexity index is 655. The summed E-state index contributed by atoms with van der Waals surface area (Å²) in [6, 6.07) is 6.63. The van der Waals surface area contributed by atoms with E-state index in [4.69, 9.17) is 9.52 Å². The first-order valence-corrected chi connectivity index (χ1v) is 8.37. The molecular weight excluding hydrogens is 312 g/mol. The Balaban J connectivity index is 1.64. The predicted octanol–water partition coefficient (Wildman–Crippen LogP) is 1.91. The number of fused-ring (bicyclic) bond motifs is 1. The molecule has 1 amide bonds. The molecule has 1 atom stereocenters. The SMILES string of the molecule is O=C(O)C1CSCN1C(=O)CSc1nc2ccccc2o1. The van der Waals surface area contributed by atoms with E-state index in [-0.39, 0.29) is 11.7 Å². The van der Waals surface area contributed by atoms with Crippen LogP contribution in [-0.2, 0) is 9.59 Å². The van der Waals surface area contributed by atoms with Crippen LogP contribution < -0.4 is 0 Å². The Morgan fingerprint density at radius 1 is 1.48 bits per heavy atom.